The summed E-state index contributed by atoms with van der Waals surface area (Å²) in [4.78, 5) is 28.0. The zero-order valence-corrected chi connectivity index (χ0v) is 20.6. The van der Waals surface area contributed by atoms with Crippen molar-refractivity contribution in [3.63, 3.8) is 0 Å². The number of aryl methyl sites for hydroxylation is 1. The van der Waals surface area contributed by atoms with Crippen molar-refractivity contribution >= 4 is 22.7 Å². The van der Waals surface area contributed by atoms with Crippen LogP contribution in [0.1, 0.15) is 66.9 Å². The molecule has 172 valence electrons. The van der Waals surface area contributed by atoms with E-state index in [0.717, 1.165) is 18.4 Å². The van der Waals surface area contributed by atoms with E-state index in [1.165, 1.54) is 4.90 Å². The van der Waals surface area contributed by atoms with Crippen molar-refractivity contribution in [1.82, 2.24) is 4.57 Å². The van der Waals surface area contributed by atoms with Crippen LogP contribution < -0.4 is 15.2 Å². The molecule has 0 atom stereocenters. The smallest absolute Gasteiger partial charge is 0.415 e. The molecule has 31 heavy (non-hydrogen) atoms. The van der Waals surface area contributed by atoms with Crippen molar-refractivity contribution in [3.05, 3.63) is 34.1 Å². The number of nitrogens with zero attached hydrogens (tertiary/aromatic N) is 2. The fraction of sp³-hybridized carbons (Fsp3) is 0.600. The number of anilines is 1. The number of hydrogen-bond acceptors (Lipinski definition) is 4. The van der Waals surface area contributed by atoms with Crippen LogP contribution in [0, 0.1) is 12.3 Å². The molecule has 0 aliphatic carbocycles. The molecule has 6 nitrogen and oxygen atoms in total. The quantitative estimate of drug-likeness (QED) is 0.535. The number of carbonyl (C=O) groups is 1. The predicted octanol–water partition coefficient (Wildman–Crippen LogP) is 5.91. The maximum Gasteiger partial charge on any atom is 0.415 e. The third-order valence-electron chi connectivity index (χ3n) is 4.72. The molecule has 0 aliphatic rings. The van der Waals surface area contributed by atoms with Gasteiger partial charge in [-0.25, -0.2) is 4.79 Å². The van der Waals surface area contributed by atoms with Crippen LogP contribution in [0.3, 0.4) is 0 Å². The van der Waals surface area contributed by atoms with Gasteiger partial charge in [-0.3, -0.25) is 14.3 Å². The molecule has 1 aromatic heterocycles. The minimum atomic E-state index is -0.655. The average molecular weight is 431 g/mol. The molecular weight excluding hydrogens is 392 g/mol. The summed E-state index contributed by atoms with van der Waals surface area (Å²) in [5.41, 5.74) is 0.0185. The van der Waals surface area contributed by atoms with Gasteiger partial charge < -0.3 is 9.47 Å². The molecule has 0 unspecified atom stereocenters. The highest BCUT2D eigenvalue weighted by molar-refractivity contribution is 5.97. The highest BCUT2D eigenvalue weighted by atomic mass is 16.6. The standard InChI is InChI=1S/C25H38N2O4/c1-10-11-14-30-20-18-13-12-17(2)15-19(18)22(28)27(16-24(3,4)5)21(20)26(9)23(29)31-25(6,7)8/h12-13,15H,10-11,14,16H2,1-9H3. The zero-order chi connectivity index (χ0) is 23.6. The lowest BCUT2D eigenvalue weighted by Gasteiger charge is -2.30. The lowest BCUT2D eigenvalue weighted by atomic mass is 9.96. The Morgan fingerprint density at radius 2 is 1.74 bits per heavy atom. The second kappa shape index (κ2) is 9.33. The first kappa shape index (κ1) is 24.8. The van der Waals surface area contributed by atoms with Gasteiger partial charge in [-0.05, 0) is 45.6 Å². The number of ether oxygens (including phenoxy) is 2. The first-order valence-electron chi connectivity index (χ1n) is 11.0. The fourth-order valence-corrected chi connectivity index (χ4v) is 3.35. The third-order valence-corrected chi connectivity index (χ3v) is 4.72. The maximum atomic E-state index is 13.6. The fourth-order valence-electron chi connectivity index (χ4n) is 3.35. The van der Waals surface area contributed by atoms with E-state index in [0.29, 0.717) is 35.5 Å². The number of pyridine rings is 1. The van der Waals surface area contributed by atoms with Crippen LogP contribution in [0.25, 0.3) is 10.8 Å². The van der Waals surface area contributed by atoms with Crippen molar-refractivity contribution < 1.29 is 14.3 Å². The number of unbranched alkanes of at least 4 members (excludes halogenated alkanes) is 1. The number of amides is 1. The number of fused-ring (bicyclic) bond motifs is 1. The number of rotatable bonds is 6. The average Bonchev–Trinajstić information content (AvgIpc) is 2.62. The molecular formula is C25H38N2O4. The van der Waals surface area contributed by atoms with Crippen LogP contribution in [0.2, 0.25) is 0 Å². The lowest BCUT2D eigenvalue weighted by Crippen LogP contribution is -2.39. The highest BCUT2D eigenvalue weighted by Gasteiger charge is 2.29. The van der Waals surface area contributed by atoms with E-state index in [1.807, 2.05) is 45.9 Å². The van der Waals surface area contributed by atoms with Gasteiger partial charge in [0.05, 0.1) is 12.0 Å². The molecule has 2 aromatic rings. The van der Waals surface area contributed by atoms with E-state index in [9.17, 15) is 9.59 Å². The monoisotopic (exact) mass is 430 g/mol. The molecule has 0 saturated heterocycles. The molecule has 0 saturated carbocycles. The SMILES string of the molecule is CCCCOc1c(N(C)C(=O)OC(C)(C)C)n(CC(C)(C)C)c(=O)c2cc(C)ccc12. The summed E-state index contributed by atoms with van der Waals surface area (Å²) in [6.07, 6.45) is 1.33. The van der Waals surface area contributed by atoms with Crippen LogP contribution in [0.15, 0.2) is 23.0 Å². The van der Waals surface area contributed by atoms with Gasteiger partial charge in [-0.15, -0.1) is 0 Å². The maximum absolute atomic E-state index is 13.6. The summed E-state index contributed by atoms with van der Waals surface area (Å²) in [5, 5.41) is 1.30. The second-order valence-electron chi connectivity index (χ2n) is 10.4. The van der Waals surface area contributed by atoms with E-state index in [-0.39, 0.29) is 11.0 Å². The summed E-state index contributed by atoms with van der Waals surface area (Å²) in [7, 11) is 1.63. The van der Waals surface area contributed by atoms with E-state index in [4.69, 9.17) is 9.47 Å². The van der Waals surface area contributed by atoms with Gasteiger partial charge in [0, 0.05) is 19.0 Å². The Hall–Kier alpha value is -2.50. The summed E-state index contributed by atoms with van der Waals surface area (Å²) in [5.74, 6) is 0.974. The van der Waals surface area contributed by atoms with Gasteiger partial charge >= 0.3 is 6.09 Å². The molecule has 0 fully saturated rings. The summed E-state index contributed by atoms with van der Waals surface area (Å²) in [6.45, 7) is 16.7. The first-order valence-corrected chi connectivity index (χ1v) is 11.0. The number of carbonyl (C=O) groups excluding carboxylic acids is 1. The van der Waals surface area contributed by atoms with Crippen LogP contribution in [-0.4, -0.2) is 29.9 Å². The Labute approximate surface area is 186 Å². The number of hydrogen-bond donors (Lipinski definition) is 0. The van der Waals surface area contributed by atoms with Gasteiger partial charge in [0.1, 0.15) is 5.60 Å². The summed E-state index contributed by atoms with van der Waals surface area (Å²) < 4.78 is 13.5. The van der Waals surface area contributed by atoms with E-state index in [2.05, 4.69) is 27.7 Å². The van der Waals surface area contributed by atoms with E-state index < -0.39 is 11.7 Å². The Balaban J connectivity index is 2.84. The highest BCUT2D eigenvalue weighted by Crippen LogP contribution is 2.36. The zero-order valence-electron chi connectivity index (χ0n) is 20.6. The van der Waals surface area contributed by atoms with Crippen LogP contribution >= 0.6 is 0 Å². The van der Waals surface area contributed by atoms with Crippen molar-refractivity contribution in [2.45, 2.75) is 80.4 Å². The van der Waals surface area contributed by atoms with Gasteiger partial charge in [-0.2, -0.15) is 0 Å². The molecule has 1 amide bonds. The Morgan fingerprint density at radius 3 is 2.29 bits per heavy atom. The van der Waals surface area contributed by atoms with E-state index >= 15 is 0 Å². The van der Waals surface area contributed by atoms with Crippen LogP contribution in [0.5, 0.6) is 5.75 Å². The Kier molecular flexibility index (Phi) is 7.45. The summed E-state index contributed by atoms with van der Waals surface area (Å²) >= 11 is 0. The van der Waals surface area contributed by atoms with Crippen molar-refractivity contribution in [3.8, 4) is 5.75 Å². The molecule has 0 spiro atoms. The molecule has 0 radical (unpaired) electrons. The Bertz CT molecular complexity index is 994. The minimum absolute atomic E-state index is 0.137. The van der Waals surface area contributed by atoms with Gasteiger partial charge in [0.15, 0.2) is 11.6 Å². The van der Waals surface area contributed by atoms with Crippen molar-refractivity contribution in [2.24, 2.45) is 5.41 Å². The summed E-state index contributed by atoms with van der Waals surface area (Å²) in [6, 6.07) is 5.75. The lowest BCUT2D eigenvalue weighted by molar-refractivity contribution is 0.0585. The topological polar surface area (TPSA) is 60.8 Å². The Morgan fingerprint density at radius 1 is 1.10 bits per heavy atom. The minimum Gasteiger partial charge on any atom is -0.489 e. The second-order valence-corrected chi connectivity index (χ2v) is 10.4. The molecule has 6 heteroatoms. The molecule has 0 N–H and O–H groups in total. The molecule has 1 aromatic carbocycles. The number of benzene rings is 1. The van der Waals surface area contributed by atoms with Crippen LogP contribution in [-0.2, 0) is 11.3 Å². The first-order chi connectivity index (χ1) is 14.2. The largest absolute Gasteiger partial charge is 0.489 e. The van der Waals surface area contributed by atoms with Gasteiger partial charge in [-0.1, -0.05) is 51.8 Å². The normalized spacial score (nSPS) is 12.2. The third kappa shape index (κ3) is 6.25. The van der Waals surface area contributed by atoms with Crippen molar-refractivity contribution in [1.29, 1.82) is 0 Å². The molecule has 1 heterocycles. The van der Waals surface area contributed by atoms with Crippen molar-refractivity contribution in [2.75, 3.05) is 18.6 Å². The molecule has 0 bridgehead atoms. The van der Waals surface area contributed by atoms with Gasteiger partial charge in [0.25, 0.3) is 5.56 Å². The molecule has 2 rings (SSSR count). The van der Waals surface area contributed by atoms with Gasteiger partial charge in [0.2, 0.25) is 0 Å². The predicted molar refractivity (Wildman–Crippen MR) is 127 cm³/mol. The van der Waals surface area contributed by atoms with Crippen LogP contribution in [0.4, 0.5) is 10.6 Å². The number of aromatic nitrogens is 1. The molecule has 0 aliphatic heterocycles. The van der Waals surface area contributed by atoms with E-state index in [1.54, 1.807) is 11.6 Å².